The summed E-state index contributed by atoms with van der Waals surface area (Å²) < 4.78 is 0. The summed E-state index contributed by atoms with van der Waals surface area (Å²) in [4.78, 5) is 32.3. The summed E-state index contributed by atoms with van der Waals surface area (Å²) >= 11 is 0. The van der Waals surface area contributed by atoms with Crippen LogP contribution in [0, 0.1) is 83.1 Å². The zero-order chi connectivity index (χ0) is 43.7. The van der Waals surface area contributed by atoms with Crippen molar-refractivity contribution in [3.63, 3.8) is 0 Å². The van der Waals surface area contributed by atoms with Crippen LogP contribution in [-0.4, -0.2) is 29.9 Å². The van der Waals surface area contributed by atoms with E-state index in [1.807, 2.05) is 0 Å². The first-order valence-electron chi connectivity index (χ1n) is 21.5. The van der Waals surface area contributed by atoms with Gasteiger partial charge < -0.3 is 0 Å². The number of aromatic nitrogens is 6. The highest BCUT2D eigenvalue weighted by molar-refractivity contribution is 6.20. The van der Waals surface area contributed by atoms with Gasteiger partial charge in [0, 0.05) is 33.4 Å². The zero-order valence-corrected chi connectivity index (χ0v) is 37.9. The van der Waals surface area contributed by atoms with E-state index in [2.05, 4.69) is 180 Å². The molecule has 2 aromatic heterocycles. The molecular weight excluding hydrogens is 757 g/mol. The molecule has 0 aliphatic heterocycles. The van der Waals surface area contributed by atoms with Gasteiger partial charge >= 0.3 is 0 Å². The molecule has 0 N–H and O–H groups in total. The van der Waals surface area contributed by atoms with Gasteiger partial charge in [0.2, 0.25) is 0 Å². The molecule has 0 unspecified atom stereocenters. The highest BCUT2D eigenvalue weighted by atomic mass is 15.0. The Morgan fingerprint density at radius 1 is 0.226 bits per heavy atom. The van der Waals surface area contributed by atoms with E-state index >= 15 is 0 Å². The molecule has 0 saturated carbocycles. The second-order valence-corrected chi connectivity index (χ2v) is 17.5. The van der Waals surface area contributed by atoms with Crippen molar-refractivity contribution in [3.8, 4) is 68.3 Å². The molecular formula is C56H52N6. The molecule has 0 aliphatic rings. The lowest BCUT2D eigenvalue weighted by Crippen LogP contribution is -2.06. The van der Waals surface area contributed by atoms with Gasteiger partial charge in [0.1, 0.15) is 0 Å². The molecule has 0 aliphatic carbocycles. The number of nitrogens with zero attached hydrogens (tertiary/aromatic N) is 6. The van der Waals surface area contributed by atoms with Crippen molar-refractivity contribution in [2.45, 2.75) is 83.1 Å². The minimum atomic E-state index is 0.622. The van der Waals surface area contributed by atoms with E-state index in [0.717, 1.165) is 99.4 Å². The highest BCUT2D eigenvalue weighted by Gasteiger charge is 2.25. The molecule has 9 aromatic rings. The van der Waals surface area contributed by atoms with Gasteiger partial charge in [-0.25, -0.2) is 29.9 Å². The number of fused-ring (bicyclic) bond motifs is 2. The van der Waals surface area contributed by atoms with Crippen LogP contribution in [0.25, 0.3) is 89.9 Å². The minimum absolute atomic E-state index is 0.622. The largest absolute Gasteiger partial charge is 0.208 e. The topological polar surface area (TPSA) is 77.3 Å². The van der Waals surface area contributed by atoms with E-state index in [0.29, 0.717) is 34.9 Å². The molecule has 6 nitrogen and oxygen atoms in total. The first kappa shape index (κ1) is 40.5. The summed E-state index contributed by atoms with van der Waals surface area (Å²) in [6.07, 6.45) is 0. The predicted octanol–water partition coefficient (Wildman–Crippen LogP) is 14.1. The molecule has 2 heterocycles. The van der Waals surface area contributed by atoms with Crippen LogP contribution < -0.4 is 0 Å². The van der Waals surface area contributed by atoms with Gasteiger partial charge in [-0.05, 0) is 149 Å². The van der Waals surface area contributed by atoms with Crippen LogP contribution in [0.3, 0.4) is 0 Å². The summed E-state index contributed by atoms with van der Waals surface area (Å²) in [6, 6.07) is 34.8. The van der Waals surface area contributed by atoms with Crippen LogP contribution in [-0.2, 0) is 0 Å². The Labute approximate surface area is 365 Å². The average molecular weight is 809 g/mol. The van der Waals surface area contributed by atoms with Crippen molar-refractivity contribution in [3.05, 3.63) is 164 Å². The first-order valence-corrected chi connectivity index (χ1v) is 21.5. The van der Waals surface area contributed by atoms with Gasteiger partial charge in [-0.3, -0.25) is 0 Å². The van der Waals surface area contributed by atoms with E-state index in [9.17, 15) is 0 Å². The summed E-state index contributed by atoms with van der Waals surface area (Å²) in [6.45, 7) is 25.7. The summed E-state index contributed by atoms with van der Waals surface area (Å²) in [5.41, 5.74) is 19.9. The molecule has 0 amide bonds. The van der Waals surface area contributed by atoms with Crippen molar-refractivity contribution in [1.82, 2.24) is 29.9 Å². The quantitative estimate of drug-likeness (QED) is 0.156. The maximum Gasteiger partial charge on any atom is 0.165 e. The van der Waals surface area contributed by atoms with E-state index in [1.54, 1.807) is 0 Å². The van der Waals surface area contributed by atoms with E-state index in [-0.39, 0.29) is 0 Å². The summed E-state index contributed by atoms with van der Waals surface area (Å²) in [5.74, 6) is 3.90. The third-order valence-electron chi connectivity index (χ3n) is 12.3. The smallest absolute Gasteiger partial charge is 0.165 e. The number of hydrogen-bond donors (Lipinski definition) is 0. The molecule has 0 bridgehead atoms. The summed E-state index contributed by atoms with van der Waals surface area (Å²) in [7, 11) is 0. The van der Waals surface area contributed by atoms with Gasteiger partial charge in [0.15, 0.2) is 34.9 Å². The van der Waals surface area contributed by atoms with E-state index < -0.39 is 0 Å². The van der Waals surface area contributed by atoms with Crippen LogP contribution in [0.1, 0.15) is 66.8 Å². The molecule has 0 radical (unpaired) electrons. The number of benzene rings is 7. The second-order valence-electron chi connectivity index (χ2n) is 17.5. The van der Waals surface area contributed by atoms with E-state index in [1.165, 1.54) is 22.3 Å². The molecule has 62 heavy (non-hydrogen) atoms. The molecule has 0 spiro atoms. The Balaban J connectivity index is 1.39. The number of hydrogen-bond acceptors (Lipinski definition) is 6. The van der Waals surface area contributed by atoms with Crippen molar-refractivity contribution in [2.24, 2.45) is 0 Å². The minimum Gasteiger partial charge on any atom is -0.208 e. The maximum atomic E-state index is 5.43. The van der Waals surface area contributed by atoms with Gasteiger partial charge in [-0.15, -0.1) is 0 Å². The van der Waals surface area contributed by atoms with Crippen LogP contribution in [0.4, 0.5) is 0 Å². The maximum absolute atomic E-state index is 5.43. The van der Waals surface area contributed by atoms with Crippen molar-refractivity contribution < 1.29 is 0 Å². The third-order valence-corrected chi connectivity index (χ3v) is 12.3. The van der Waals surface area contributed by atoms with Crippen molar-refractivity contribution in [1.29, 1.82) is 0 Å². The summed E-state index contributed by atoms with van der Waals surface area (Å²) in [5, 5.41) is 4.03. The molecule has 6 heteroatoms. The molecule has 0 saturated heterocycles. The van der Waals surface area contributed by atoms with Gasteiger partial charge in [-0.2, -0.15) is 0 Å². The number of rotatable bonds is 6. The molecule has 0 atom stereocenters. The third kappa shape index (κ3) is 7.03. The van der Waals surface area contributed by atoms with Crippen molar-refractivity contribution in [2.75, 3.05) is 0 Å². The lowest BCUT2D eigenvalue weighted by Gasteiger charge is -2.19. The standard InChI is InChI=1S/C56H52N6/c1-29-21-33(5)45(34(6)22-29)51-57-52(46-35(7)23-30(2)24-36(46)8)60-55(59-51)49-41-17-13-15-19-43(41)50(44-20-16-14-18-42(44)49)56-61-53(47-37(9)25-31(3)26-38(47)10)58-54(62-56)48-39(11)27-32(4)28-40(48)12/h13-28H,1-12H3. The molecule has 9 rings (SSSR count). The Morgan fingerprint density at radius 3 is 0.565 bits per heavy atom. The Hall–Kier alpha value is -6.92. The van der Waals surface area contributed by atoms with Gasteiger partial charge in [0.25, 0.3) is 0 Å². The van der Waals surface area contributed by atoms with Crippen LogP contribution in [0.15, 0.2) is 97.1 Å². The average Bonchev–Trinajstić information content (AvgIpc) is 3.18. The van der Waals surface area contributed by atoms with Crippen LogP contribution >= 0.6 is 0 Å². The van der Waals surface area contributed by atoms with Crippen molar-refractivity contribution >= 4 is 21.5 Å². The fourth-order valence-corrected chi connectivity index (χ4v) is 10.2. The second kappa shape index (κ2) is 15.5. The first-order chi connectivity index (χ1) is 29.7. The Bertz CT molecular complexity index is 2800. The highest BCUT2D eigenvalue weighted by Crippen LogP contribution is 2.44. The Kier molecular flexibility index (Phi) is 10.1. The fourth-order valence-electron chi connectivity index (χ4n) is 10.2. The SMILES string of the molecule is Cc1cc(C)c(-c2nc(-c3c(C)cc(C)cc3C)nc(-c3c4ccccc4c(-c4nc(-c5c(C)cc(C)cc5C)nc(-c5c(C)cc(C)cc5C)n4)c4ccccc34)n2)c(C)c1. The zero-order valence-electron chi connectivity index (χ0n) is 37.9. The van der Waals surface area contributed by atoms with Crippen LogP contribution in [0.5, 0.6) is 0 Å². The molecule has 7 aromatic carbocycles. The van der Waals surface area contributed by atoms with Gasteiger partial charge in [0.05, 0.1) is 0 Å². The van der Waals surface area contributed by atoms with Crippen LogP contribution in [0.2, 0.25) is 0 Å². The Morgan fingerprint density at radius 2 is 0.387 bits per heavy atom. The van der Waals surface area contributed by atoms with Gasteiger partial charge in [-0.1, -0.05) is 119 Å². The predicted molar refractivity (Wildman–Crippen MR) is 258 cm³/mol. The number of aryl methyl sites for hydroxylation is 12. The molecule has 306 valence electrons. The van der Waals surface area contributed by atoms with E-state index in [4.69, 9.17) is 29.9 Å². The lowest BCUT2D eigenvalue weighted by molar-refractivity contribution is 1.06. The fraction of sp³-hybridized carbons (Fsp3) is 0.214. The normalized spacial score (nSPS) is 11.5. The lowest BCUT2D eigenvalue weighted by atomic mass is 9.90. The monoisotopic (exact) mass is 808 g/mol. The molecule has 0 fully saturated rings.